The van der Waals surface area contributed by atoms with Crippen LogP contribution in [0, 0.1) is 44.0 Å². The van der Waals surface area contributed by atoms with Gasteiger partial charge in [0.2, 0.25) is 5.91 Å². The molecule has 0 spiro atoms. The van der Waals surface area contributed by atoms with Crippen LogP contribution in [-0.4, -0.2) is 120 Å². The summed E-state index contributed by atoms with van der Waals surface area (Å²) in [5.41, 5.74) is 1.53. The lowest BCUT2D eigenvalue weighted by atomic mass is 10.0. The second kappa shape index (κ2) is 31.1. The van der Waals surface area contributed by atoms with Crippen molar-refractivity contribution >= 4 is 285 Å². The highest BCUT2D eigenvalue weighted by molar-refractivity contribution is 14.1. The van der Waals surface area contributed by atoms with E-state index in [1.165, 1.54) is 46.6 Å². The van der Waals surface area contributed by atoms with Crippen LogP contribution in [0.15, 0.2) is 0 Å². The van der Waals surface area contributed by atoms with Gasteiger partial charge in [0.15, 0.2) is 36.9 Å². The zero-order valence-electron chi connectivity index (χ0n) is 39.4. The molecular formula is C44H40I9N3O18. The lowest BCUT2D eigenvalue weighted by Crippen LogP contribution is -2.41. The Bertz CT molecular complexity index is 2730. The van der Waals surface area contributed by atoms with Gasteiger partial charge in [-0.1, -0.05) is 13.8 Å². The van der Waals surface area contributed by atoms with Crippen molar-refractivity contribution in [3.05, 3.63) is 65.5 Å². The molecule has 1 saturated heterocycles. The molecule has 3 amide bonds. The number of ether oxygens (including phenoxy) is 4. The number of rotatable bonds is 15. The number of nitrogens with one attached hydrogen (secondary N) is 2. The minimum Gasteiger partial charge on any atom is -0.478 e. The fourth-order valence-corrected chi connectivity index (χ4v) is 20.4. The summed E-state index contributed by atoms with van der Waals surface area (Å²) in [4.78, 5) is 130. The fourth-order valence-electron chi connectivity index (χ4n) is 5.99. The van der Waals surface area contributed by atoms with Gasteiger partial charge < -0.3 is 49.8 Å². The molecule has 1 aliphatic rings. The lowest BCUT2D eigenvalue weighted by Gasteiger charge is -2.31. The monoisotopic (exact) mass is 2040 g/mol. The molecule has 0 atom stereocenters. The number of carbonyl (C=O) groups excluding carboxylic acids is 8. The molecule has 21 nitrogen and oxygen atoms in total. The summed E-state index contributed by atoms with van der Waals surface area (Å²) in [6.07, 6.45) is -0.337. The molecule has 0 radical (unpaired) electrons. The molecule has 1 aliphatic heterocycles. The maximum absolute atomic E-state index is 12.7. The van der Waals surface area contributed by atoms with Crippen LogP contribution in [0.1, 0.15) is 111 Å². The van der Waals surface area contributed by atoms with Crippen molar-refractivity contribution in [2.24, 2.45) is 11.8 Å². The number of hydrogen-bond donors (Lipinski definition) is 5. The average molecular weight is 2040 g/mol. The van der Waals surface area contributed by atoms with Gasteiger partial charge in [-0.05, 0) is 224 Å². The molecule has 3 aromatic rings. The summed E-state index contributed by atoms with van der Waals surface area (Å²) in [5, 5.41) is 33.7. The quantitative estimate of drug-likeness (QED) is 0.0537. The van der Waals surface area contributed by atoms with Crippen LogP contribution < -0.4 is 15.5 Å². The summed E-state index contributed by atoms with van der Waals surface area (Å²) >= 11 is 16.8. The number of amides is 3. The molecule has 0 aromatic heterocycles. The van der Waals surface area contributed by atoms with E-state index in [-0.39, 0.29) is 82.2 Å². The average Bonchev–Trinajstić information content (AvgIpc) is 3.27. The Morgan fingerprint density at radius 3 is 1.20 bits per heavy atom. The molecule has 0 aliphatic carbocycles. The zero-order valence-corrected chi connectivity index (χ0v) is 58.8. The Labute approximate surface area is 545 Å². The molecule has 0 bridgehead atoms. The molecule has 30 heteroatoms. The number of hydrogen-bond acceptors (Lipinski definition) is 15. The zero-order chi connectivity index (χ0) is 57.1. The SMILES string of the molecule is CC(=O)OCC(=O)N(C)c1c(I)c(C(C)=O)c(I)c(C(=O)O)c1I.CC(=O)OCC(=O)Nc1c(I)c(C(C)=O)c(I)c(C(=O)O)c1I.CC(=O)c1c(I)c(NC(=O)C2COC(C(C)C)OC2)c(I)c(C(=O)O)c1I. The Morgan fingerprint density at radius 1 is 0.527 bits per heavy atom. The topological polar surface area (TPSA) is 313 Å². The number of Topliss-reactive ketones (excluding diaryl/α,β-unsaturated/α-hetero) is 3. The molecule has 4 rings (SSSR count). The van der Waals surface area contributed by atoms with Gasteiger partial charge in [0.05, 0.1) is 63.6 Å². The molecule has 1 heterocycles. The minimum absolute atomic E-state index is 0.00753. The second-order valence-corrected chi connectivity index (χ2v) is 25.0. The van der Waals surface area contributed by atoms with Gasteiger partial charge in [-0.15, -0.1) is 0 Å². The maximum atomic E-state index is 12.7. The van der Waals surface area contributed by atoms with E-state index >= 15 is 0 Å². The van der Waals surface area contributed by atoms with E-state index in [9.17, 15) is 68.1 Å². The lowest BCUT2D eigenvalue weighted by molar-refractivity contribution is -0.217. The normalized spacial score (nSPS) is 13.7. The standard InChI is InChI=1S/C17H18I3NO6.C14H12I3NO6.C13H10I3NO6/c1-6(2)17-26-4-8(5-27-17)15(23)21-14-12(19)9(7(3)22)11(18)10(13(14)20)16(24)25;1-5(19)8-10(15)9(14(22)23)12(17)13(11(8)16)18(3)7(21)4-24-6(2)20;1-4(18)7-9(14)8(13(21)22)11(16)12(10(7)15)17-6(20)3-23-5(2)19/h6,8,17H,4-5H2,1-3H3,(H,21,23)(H,24,25);4H2,1-3H3,(H,22,23);3H2,1-2H3,(H,17,20)(H,21,22). The first-order valence-electron chi connectivity index (χ1n) is 20.3. The molecular weight excluding hydrogens is 2000 g/mol. The van der Waals surface area contributed by atoms with Crippen molar-refractivity contribution in [2.45, 2.75) is 54.8 Å². The summed E-state index contributed by atoms with van der Waals surface area (Å²) in [7, 11) is 1.44. The maximum Gasteiger partial charge on any atom is 0.337 e. The van der Waals surface area contributed by atoms with Crippen LogP contribution >= 0.6 is 203 Å². The van der Waals surface area contributed by atoms with Crippen LogP contribution in [0.2, 0.25) is 0 Å². The number of nitrogens with zero attached hydrogens (tertiary/aromatic N) is 1. The third-order valence-electron chi connectivity index (χ3n) is 9.49. The number of carboxylic acid groups (broad SMARTS) is 3. The number of halogens is 9. The summed E-state index contributed by atoms with van der Waals surface area (Å²) in [6.45, 7) is 9.80. The summed E-state index contributed by atoms with van der Waals surface area (Å²) < 4.78 is 23.9. The highest BCUT2D eigenvalue weighted by atomic mass is 127. The van der Waals surface area contributed by atoms with E-state index in [0.29, 0.717) is 49.1 Å². The molecule has 74 heavy (non-hydrogen) atoms. The highest BCUT2D eigenvalue weighted by Gasteiger charge is 2.34. The van der Waals surface area contributed by atoms with E-state index < -0.39 is 60.8 Å². The predicted octanol–water partition coefficient (Wildman–Crippen LogP) is 9.81. The van der Waals surface area contributed by atoms with E-state index in [4.69, 9.17) is 9.47 Å². The van der Waals surface area contributed by atoms with Gasteiger partial charge >= 0.3 is 29.8 Å². The van der Waals surface area contributed by atoms with E-state index in [0.717, 1.165) is 0 Å². The molecule has 0 unspecified atom stereocenters. The van der Waals surface area contributed by atoms with Crippen molar-refractivity contribution in [3.63, 3.8) is 0 Å². The first kappa shape index (κ1) is 69.0. The Morgan fingerprint density at radius 2 is 0.851 bits per heavy atom. The number of carboxylic acids is 3. The number of esters is 2. The van der Waals surface area contributed by atoms with Crippen LogP contribution in [0.25, 0.3) is 0 Å². The number of benzene rings is 3. The van der Waals surface area contributed by atoms with Crippen molar-refractivity contribution in [1.82, 2.24) is 0 Å². The molecule has 0 saturated carbocycles. The molecule has 3 aromatic carbocycles. The molecule has 5 N–H and O–H groups in total. The van der Waals surface area contributed by atoms with Gasteiger partial charge in [0.25, 0.3) is 11.8 Å². The van der Waals surface area contributed by atoms with Crippen LogP contribution in [0.4, 0.5) is 17.1 Å². The summed E-state index contributed by atoms with van der Waals surface area (Å²) in [5.74, 6) is -7.44. The summed E-state index contributed by atoms with van der Waals surface area (Å²) in [6, 6.07) is 0. The highest BCUT2D eigenvalue weighted by Crippen LogP contribution is 2.40. The minimum atomic E-state index is -1.20. The van der Waals surface area contributed by atoms with E-state index in [1.807, 2.05) is 172 Å². The third-order valence-corrected chi connectivity index (χ3v) is 19.1. The predicted molar refractivity (Wildman–Crippen MR) is 343 cm³/mol. The van der Waals surface area contributed by atoms with Gasteiger partial charge in [-0.2, -0.15) is 0 Å². The number of aromatic carboxylic acids is 3. The van der Waals surface area contributed by atoms with Gasteiger partial charge in [0.1, 0.15) is 0 Å². The van der Waals surface area contributed by atoms with Crippen LogP contribution in [-0.2, 0) is 42.9 Å². The van der Waals surface area contributed by atoms with E-state index in [1.54, 1.807) is 45.2 Å². The Balaban J connectivity index is 0.000000382. The van der Waals surface area contributed by atoms with Gasteiger partial charge in [-0.25, -0.2) is 14.4 Å². The molecule has 1 fully saturated rings. The number of likely N-dealkylation sites (N-methyl/N-ethyl adjacent to an activating group) is 1. The Kier molecular flexibility index (Phi) is 29.0. The van der Waals surface area contributed by atoms with Gasteiger partial charge in [-0.3, -0.25) is 38.4 Å². The third kappa shape index (κ3) is 18.0. The van der Waals surface area contributed by atoms with Crippen molar-refractivity contribution in [1.29, 1.82) is 0 Å². The van der Waals surface area contributed by atoms with E-state index in [2.05, 4.69) is 20.1 Å². The molecule has 402 valence electrons. The Hall–Kier alpha value is -1.08. The van der Waals surface area contributed by atoms with Gasteiger partial charge in [0, 0.05) is 64.9 Å². The van der Waals surface area contributed by atoms with Crippen molar-refractivity contribution < 1.29 is 87.0 Å². The first-order valence-corrected chi connectivity index (χ1v) is 30.1. The van der Waals surface area contributed by atoms with Crippen molar-refractivity contribution in [3.8, 4) is 0 Å². The van der Waals surface area contributed by atoms with Crippen LogP contribution in [0.3, 0.4) is 0 Å². The number of ketones is 3. The second-order valence-electron chi connectivity index (χ2n) is 15.3. The smallest absolute Gasteiger partial charge is 0.337 e. The largest absolute Gasteiger partial charge is 0.478 e. The van der Waals surface area contributed by atoms with Crippen molar-refractivity contribution in [2.75, 3.05) is 49.0 Å². The van der Waals surface area contributed by atoms with Crippen LogP contribution in [0.5, 0.6) is 0 Å². The fraction of sp³-hybridized carbons (Fsp3) is 0.341. The first-order chi connectivity index (χ1) is 34.1. The number of anilines is 3. The number of carbonyl (C=O) groups is 11.